The van der Waals surface area contributed by atoms with E-state index in [0.717, 1.165) is 38.5 Å². The van der Waals surface area contributed by atoms with Crippen LogP contribution in [-0.4, -0.2) is 93.0 Å². The molecule has 12 unspecified atom stereocenters. The van der Waals surface area contributed by atoms with Gasteiger partial charge in [0.2, 0.25) is 0 Å². The summed E-state index contributed by atoms with van der Waals surface area (Å²) in [5, 5.41) is 54.3. The lowest BCUT2D eigenvalue weighted by atomic mass is 9.45. The van der Waals surface area contributed by atoms with Gasteiger partial charge in [0.25, 0.3) is 0 Å². The Bertz CT molecular complexity index is 1060. The number of fused-ring (bicyclic) bond motifs is 7. The van der Waals surface area contributed by atoms with Gasteiger partial charge in [-0.3, -0.25) is 0 Å². The third-order valence-electron chi connectivity index (χ3n) is 13.4. The fourth-order valence-corrected chi connectivity index (χ4v) is 10.9. The molecule has 3 saturated carbocycles. The van der Waals surface area contributed by atoms with Crippen LogP contribution < -0.4 is 0 Å². The highest BCUT2D eigenvalue weighted by molar-refractivity contribution is 5.30. The molecule has 7 aliphatic rings. The lowest BCUT2D eigenvalue weighted by Crippen LogP contribution is -2.62. The van der Waals surface area contributed by atoms with Crippen LogP contribution in [0.1, 0.15) is 79.1 Å². The van der Waals surface area contributed by atoms with Gasteiger partial charge >= 0.3 is 0 Å². The molecule has 0 radical (unpaired) electrons. The van der Waals surface area contributed by atoms with Gasteiger partial charge in [-0.1, -0.05) is 39.3 Å². The highest BCUT2D eigenvalue weighted by Gasteiger charge is 2.76. The maximum atomic E-state index is 12.6. The molecule has 0 aromatic rings. The number of ether oxygens (including phenoxy) is 4. The highest BCUT2D eigenvalue weighted by atomic mass is 16.7. The first-order chi connectivity index (χ1) is 19.3. The van der Waals surface area contributed by atoms with Gasteiger partial charge in [0, 0.05) is 29.6 Å². The summed E-state index contributed by atoms with van der Waals surface area (Å²) >= 11 is 0. The van der Waals surface area contributed by atoms with Gasteiger partial charge in [-0.2, -0.15) is 0 Å². The third kappa shape index (κ3) is 3.86. The molecule has 5 N–H and O–H groups in total. The first-order valence-corrected chi connectivity index (χ1v) is 16.1. The number of hydrogen-bond acceptors (Lipinski definition) is 9. The molecule has 3 heterocycles. The standard InChI is InChI=1S/C32H50O9/c1-16-7-10-31(39-14-16)17(2)32(37)25(41-31)13-22-20-6-5-18-11-19(33)12-24(30(18,4)21(20)8-9-29(22,32)3)40-28-27(36)26(35)23(34)15-38-28/h5,16-17,19-28,33-37H,6-15H2,1-4H3/t16?,17?,19?,20?,21?,22?,23-,24?,25?,26+,27-,28+,29?,30?,31?,32?/m1/s1. The molecular weight excluding hydrogens is 528 g/mol. The van der Waals surface area contributed by atoms with E-state index >= 15 is 0 Å². The van der Waals surface area contributed by atoms with E-state index in [9.17, 15) is 25.5 Å². The molecule has 16 atom stereocenters. The Kier molecular flexibility index (Phi) is 6.88. The fraction of sp³-hybridized carbons (Fsp3) is 0.938. The summed E-state index contributed by atoms with van der Waals surface area (Å²) in [7, 11) is 0. The summed E-state index contributed by atoms with van der Waals surface area (Å²) in [5.41, 5.74) is -0.445. The minimum Gasteiger partial charge on any atom is -0.393 e. The second-order valence-electron chi connectivity index (χ2n) is 15.2. The predicted octanol–water partition coefficient (Wildman–Crippen LogP) is 2.26. The van der Waals surface area contributed by atoms with Crippen LogP contribution in [0.15, 0.2) is 11.6 Å². The van der Waals surface area contributed by atoms with E-state index in [1.165, 1.54) is 5.57 Å². The second kappa shape index (κ2) is 9.69. The molecule has 6 fully saturated rings. The van der Waals surface area contributed by atoms with Gasteiger partial charge < -0.3 is 44.5 Å². The summed E-state index contributed by atoms with van der Waals surface area (Å²) in [6.45, 7) is 9.43. The lowest BCUT2D eigenvalue weighted by Gasteiger charge is -2.61. The number of aliphatic hydroxyl groups excluding tert-OH is 4. The number of hydrogen-bond donors (Lipinski definition) is 5. The topological polar surface area (TPSA) is 138 Å². The Balaban J connectivity index is 1.17. The van der Waals surface area contributed by atoms with Crippen LogP contribution in [-0.2, 0) is 18.9 Å². The van der Waals surface area contributed by atoms with Crippen molar-refractivity contribution in [2.24, 2.45) is 40.4 Å². The monoisotopic (exact) mass is 578 g/mol. The molecule has 0 aromatic carbocycles. The lowest BCUT2D eigenvalue weighted by molar-refractivity contribution is -0.300. The second-order valence-corrected chi connectivity index (χ2v) is 15.2. The largest absolute Gasteiger partial charge is 0.393 e. The molecular formula is C32H50O9. The van der Waals surface area contributed by atoms with Gasteiger partial charge in [-0.15, -0.1) is 0 Å². The molecule has 9 nitrogen and oxygen atoms in total. The summed E-state index contributed by atoms with van der Waals surface area (Å²) in [4.78, 5) is 0. The molecule has 7 rings (SSSR count). The summed E-state index contributed by atoms with van der Waals surface area (Å²) in [6.07, 6.45) is 2.50. The quantitative estimate of drug-likeness (QED) is 0.313. The van der Waals surface area contributed by atoms with Crippen molar-refractivity contribution < 1.29 is 44.5 Å². The number of aliphatic hydroxyl groups is 5. The van der Waals surface area contributed by atoms with Gasteiger partial charge in [0.15, 0.2) is 12.1 Å². The molecule has 0 aromatic heterocycles. The average molecular weight is 579 g/mol. The molecule has 3 aliphatic heterocycles. The Morgan fingerprint density at radius 3 is 2.46 bits per heavy atom. The minimum atomic E-state index is -1.37. The maximum absolute atomic E-state index is 12.6. The van der Waals surface area contributed by atoms with E-state index < -0.39 is 48.2 Å². The predicted molar refractivity (Wildman–Crippen MR) is 147 cm³/mol. The van der Waals surface area contributed by atoms with E-state index in [0.29, 0.717) is 31.3 Å². The maximum Gasteiger partial charge on any atom is 0.186 e. The van der Waals surface area contributed by atoms with Crippen molar-refractivity contribution in [3.05, 3.63) is 11.6 Å². The van der Waals surface area contributed by atoms with Crippen molar-refractivity contribution in [1.82, 2.24) is 0 Å². The van der Waals surface area contributed by atoms with Crippen molar-refractivity contribution in [2.75, 3.05) is 13.2 Å². The van der Waals surface area contributed by atoms with E-state index in [2.05, 4.69) is 33.8 Å². The van der Waals surface area contributed by atoms with Crippen LogP contribution in [0.5, 0.6) is 0 Å². The first-order valence-electron chi connectivity index (χ1n) is 16.1. The Labute approximate surface area is 243 Å². The van der Waals surface area contributed by atoms with Crippen LogP contribution >= 0.6 is 0 Å². The molecule has 41 heavy (non-hydrogen) atoms. The van der Waals surface area contributed by atoms with E-state index in [-0.39, 0.29) is 41.3 Å². The van der Waals surface area contributed by atoms with Crippen LogP contribution in [0.25, 0.3) is 0 Å². The molecule has 0 amide bonds. The highest BCUT2D eigenvalue weighted by Crippen LogP contribution is 2.72. The zero-order chi connectivity index (χ0) is 29.1. The van der Waals surface area contributed by atoms with Crippen molar-refractivity contribution in [1.29, 1.82) is 0 Å². The van der Waals surface area contributed by atoms with Crippen molar-refractivity contribution in [3.63, 3.8) is 0 Å². The first kappa shape index (κ1) is 29.1. The molecule has 9 heteroatoms. The zero-order valence-electron chi connectivity index (χ0n) is 24.9. The summed E-state index contributed by atoms with van der Waals surface area (Å²) in [6, 6.07) is 0. The van der Waals surface area contributed by atoms with E-state index in [1.54, 1.807) is 0 Å². The SMILES string of the molecule is CC1CCC2(OC1)OC1CC3C4CC=C5CC(O)CC(O[C@@H]6OC[C@@H](O)[C@H](O)[C@H]6O)C5(C)C4CCC3(C)C1(O)C2C. The smallest absolute Gasteiger partial charge is 0.186 e. The van der Waals surface area contributed by atoms with Crippen molar-refractivity contribution in [2.45, 2.75) is 133 Å². The Morgan fingerprint density at radius 2 is 1.73 bits per heavy atom. The fourth-order valence-electron chi connectivity index (χ4n) is 10.9. The van der Waals surface area contributed by atoms with Gasteiger partial charge in [0.05, 0.1) is 31.5 Å². The summed E-state index contributed by atoms with van der Waals surface area (Å²) < 4.78 is 25.3. The molecule has 1 spiro atoms. The normalized spacial score (nSPS) is 60.2. The van der Waals surface area contributed by atoms with Gasteiger partial charge in [0.1, 0.15) is 23.9 Å². The zero-order valence-corrected chi connectivity index (χ0v) is 24.9. The van der Waals surface area contributed by atoms with E-state index in [1.807, 2.05) is 0 Å². The molecule has 3 saturated heterocycles. The van der Waals surface area contributed by atoms with Crippen molar-refractivity contribution in [3.8, 4) is 0 Å². The molecule has 232 valence electrons. The number of rotatable bonds is 2. The van der Waals surface area contributed by atoms with Crippen LogP contribution in [0.3, 0.4) is 0 Å². The van der Waals surface area contributed by atoms with Gasteiger partial charge in [-0.05, 0) is 62.2 Å². The van der Waals surface area contributed by atoms with Crippen molar-refractivity contribution >= 4 is 0 Å². The van der Waals surface area contributed by atoms with Crippen LogP contribution in [0, 0.1) is 40.4 Å². The summed E-state index contributed by atoms with van der Waals surface area (Å²) in [5.74, 6) is 0.563. The Hall–Kier alpha value is -0.620. The third-order valence-corrected chi connectivity index (χ3v) is 13.4. The number of allylic oxidation sites excluding steroid dienone is 1. The molecule has 4 aliphatic carbocycles. The minimum absolute atomic E-state index is 0.114. The average Bonchev–Trinajstić information content (AvgIpc) is 3.29. The van der Waals surface area contributed by atoms with E-state index in [4.69, 9.17) is 18.9 Å². The van der Waals surface area contributed by atoms with Crippen LogP contribution in [0.4, 0.5) is 0 Å². The molecule has 0 bridgehead atoms. The Morgan fingerprint density at radius 1 is 0.951 bits per heavy atom. The van der Waals surface area contributed by atoms with Crippen LogP contribution in [0.2, 0.25) is 0 Å². The van der Waals surface area contributed by atoms with Gasteiger partial charge in [-0.25, -0.2) is 0 Å².